The topological polar surface area (TPSA) is 76.3 Å². The predicted octanol–water partition coefficient (Wildman–Crippen LogP) is 3.34. The molecule has 1 unspecified atom stereocenters. The average molecular weight is 357 g/mol. The summed E-state index contributed by atoms with van der Waals surface area (Å²) in [4.78, 5) is 6.62. The lowest BCUT2D eigenvalue weighted by Crippen LogP contribution is -2.22. The fourth-order valence-corrected chi connectivity index (χ4v) is 3.08. The van der Waals surface area contributed by atoms with Gasteiger partial charge in [-0.25, -0.2) is 8.42 Å². The van der Waals surface area contributed by atoms with Crippen LogP contribution in [0.3, 0.4) is 0 Å². The standard InChI is InChI=1S/C18H19N3O3S/c1-13(14-9-11-16(12-10-14)25(3,22)23)21(2)18-19-17(24-20-18)15-7-5-4-6-8-15/h4-13H,1-3H3. The Morgan fingerprint density at radius 1 is 1.04 bits per heavy atom. The molecule has 3 rings (SSSR count). The van der Waals surface area contributed by atoms with Gasteiger partial charge in [-0.05, 0) is 41.9 Å². The molecule has 0 radical (unpaired) electrons. The number of hydrogen-bond acceptors (Lipinski definition) is 6. The maximum absolute atomic E-state index is 11.6. The normalized spacial score (nSPS) is 12.8. The Kier molecular flexibility index (Phi) is 4.59. The fourth-order valence-electron chi connectivity index (χ4n) is 2.45. The van der Waals surface area contributed by atoms with Gasteiger partial charge in [-0.3, -0.25) is 0 Å². The van der Waals surface area contributed by atoms with Crippen molar-refractivity contribution in [2.75, 3.05) is 18.2 Å². The van der Waals surface area contributed by atoms with Crippen molar-refractivity contribution >= 4 is 15.8 Å². The van der Waals surface area contributed by atoms with Crippen LogP contribution in [0.15, 0.2) is 64.0 Å². The maximum Gasteiger partial charge on any atom is 0.266 e. The molecule has 1 atom stereocenters. The van der Waals surface area contributed by atoms with Crippen molar-refractivity contribution in [3.05, 3.63) is 60.2 Å². The van der Waals surface area contributed by atoms with Crippen molar-refractivity contribution in [3.8, 4) is 11.5 Å². The Morgan fingerprint density at radius 3 is 2.28 bits per heavy atom. The molecule has 130 valence electrons. The van der Waals surface area contributed by atoms with E-state index in [0.29, 0.717) is 16.7 Å². The Bertz CT molecular complexity index is 951. The molecule has 6 nitrogen and oxygen atoms in total. The Hall–Kier alpha value is -2.67. The lowest BCUT2D eigenvalue weighted by molar-refractivity contribution is 0.428. The average Bonchev–Trinajstić information content (AvgIpc) is 3.11. The monoisotopic (exact) mass is 357 g/mol. The Balaban J connectivity index is 1.81. The lowest BCUT2D eigenvalue weighted by atomic mass is 10.1. The number of benzene rings is 2. The summed E-state index contributed by atoms with van der Waals surface area (Å²) in [5, 5.41) is 4.04. The number of aromatic nitrogens is 2. The van der Waals surface area contributed by atoms with E-state index in [-0.39, 0.29) is 6.04 Å². The van der Waals surface area contributed by atoms with Crippen molar-refractivity contribution in [1.82, 2.24) is 10.1 Å². The SMILES string of the molecule is CC(c1ccc(S(C)(=O)=O)cc1)N(C)c1noc(-c2ccccc2)n1. The van der Waals surface area contributed by atoms with Gasteiger partial charge in [0.05, 0.1) is 10.9 Å². The molecule has 0 saturated carbocycles. The molecule has 0 amide bonds. The summed E-state index contributed by atoms with van der Waals surface area (Å²) in [5.41, 5.74) is 1.82. The maximum atomic E-state index is 11.6. The number of anilines is 1. The first-order valence-electron chi connectivity index (χ1n) is 7.78. The van der Waals surface area contributed by atoms with Gasteiger partial charge in [0.25, 0.3) is 11.8 Å². The summed E-state index contributed by atoms with van der Waals surface area (Å²) in [5.74, 6) is 0.931. The molecule has 7 heteroatoms. The quantitative estimate of drug-likeness (QED) is 0.697. The molecule has 0 bridgehead atoms. The van der Waals surface area contributed by atoms with Crippen LogP contribution in [0.2, 0.25) is 0 Å². The number of rotatable bonds is 5. The van der Waals surface area contributed by atoms with E-state index in [2.05, 4.69) is 10.1 Å². The zero-order chi connectivity index (χ0) is 18.0. The third-order valence-electron chi connectivity index (χ3n) is 4.12. The van der Waals surface area contributed by atoms with Crippen LogP contribution < -0.4 is 4.90 Å². The van der Waals surface area contributed by atoms with E-state index in [0.717, 1.165) is 11.1 Å². The van der Waals surface area contributed by atoms with Gasteiger partial charge in [-0.15, -0.1) is 0 Å². The highest BCUT2D eigenvalue weighted by Crippen LogP contribution is 2.26. The fraction of sp³-hybridized carbons (Fsp3) is 0.222. The molecular formula is C18H19N3O3S. The van der Waals surface area contributed by atoms with E-state index in [4.69, 9.17) is 4.52 Å². The molecule has 0 aliphatic rings. The summed E-state index contributed by atoms with van der Waals surface area (Å²) in [7, 11) is -1.33. The summed E-state index contributed by atoms with van der Waals surface area (Å²) in [6.45, 7) is 1.99. The zero-order valence-electron chi connectivity index (χ0n) is 14.2. The number of sulfone groups is 1. The zero-order valence-corrected chi connectivity index (χ0v) is 15.1. The van der Waals surface area contributed by atoms with Gasteiger partial charge in [0.15, 0.2) is 9.84 Å². The van der Waals surface area contributed by atoms with Gasteiger partial charge in [-0.1, -0.05) is 30.3 Å². The van der Waals surface area contributed by atoms with Crippen LogP contribution >= 0.6 is 0 Å². The van der Waals surface area contributed by atoms with Crippen LogP contribution in [0, 0.1) is 0 Å². The highest BCUT2D eigenvalue weighted by atomic mass is 32.2. The van der Waals surface area contributed by atoms with Gasteiger partial charge in [-0.2, -0.15) is 4.98 Å². The third kappa shape index (κ3) is 3.71. The first kappa shape index (κ1) is 17.2. The van der Waals surface area contributed by atoms with Crippen LogP contribution in [-0.4, -0.2) is 31.9 Å². The summed E-state index contributed by atoms with van der Waals surface area (Å²) in [6.07, 6.45) is 1.20. The largest absolute Gasteiger partial charge is 0.334 e. The molecule has 3 aromatic rings. The van der Waals surface area contributed by atoms with Gasteiger partial charge in [0.2, 0.25) is 0 Å². The molecule has 25 heavy (non-hydrogen) atoms. The van der Waals surface area contributed by atoms with Crippen molar-refractivity contribution in [2.45, 2.75) is 17.9 Å². The van der Waals surface area contributed by atoms with E-state index in [1.54, 1.807) is 24.3 Å². The molecule has 1 heterocycles. The highest BCUT2D eigenvalue weighted by molar-refractivity contribution is 7.90. The van der Waals surface area contributed by atoms with Crippen LogP contribution in [0.1, 0.15) is 18.5 Å². The summed E-state index contributed by atoms with van der Waals surface area (Å²) in [6, 6.07) is 16.3. The minimum absolute atomic E-state index is 0.0465. The van der Waals surface area contributed by atoms with Crippen molar-refractivity contribution in [1.29, 1.82) is 0 Å². The van der Waals surface area contributed by atoms with E-state index in [1.807, 2.05) is 49.2 Å². The lowest BCUT2D eigenvalue weighted by Gasteiger charge is -2.23. The van der Waals surface area contributed by atoms with Gasteiger partial charge >= 0.3 is 0 Å². The molecule has 0 spiro atoms. The summed E-state index contributed by atoms with van der Waals surface area (Å²) >= 11 is 0. The van der Waals surface area contributed by atoms with E-state index in [9.17, 15) is 8.42 Å². The van der Waals surface area contributed by atoms with Crippen molar-refractivity contribution in [2.24, 2.45) is 0 Å². The van der Waals surface area contributed by atoms with Crippen LogP contribution in [0.4, 0.5) is 5.95 Å². The molecule has 0 aliphatic heterocycles. The molecule has 2 aromatic carbocycles. The molecule has 0 N–H and O–H groups in total. The Labute approximate surface area is 147 Å². The second kappa shape index (κ2) is 6.68. The first-order valence-corrected chi connectivity index (χ1v) is 9.67. The summed E-state index contributed by atoms with van der Waals surface area (Å²) < 4.78 is 28.5. The second-order valence-corrected chi connectivity index (χ2v) is 7.91. The molecule has 1 aromatic heterocycles. The number of hydrogen-bond donors (Lipinski definition) is 0. The van der Waals surface area contributed by atoms with E-state index >= 15 is 0 Å². The Morgan fingerprint density at radius 2 is 1.68 bits per heavy atom. The smallest absolute Gasteiger partial charge is 0.266 e. The van der Waals surface area contributed by atoms with Crippen molar-refractivity contribution in [3.63, 3.8) is 0 Å². The molecule has 0 saturated heterocycles. The number of nitrogens with zero attached hydrogens (tertiary/aromatic N) is 3. The first-order chi connectivity index (χ1) is 11.9. The minimum Gasteiger partial charge on any atom is -0.334 e. The van der Waals surface area contributed by atoms with E-state index < -0.39 is 9.84 Å². The molecular weight excluding hydrogens is 338 g/mol. The van der Waals surface area contributed by atoms with Gasteiger partial charge in [0, 0.05) is 18.9 Å². The van der Waals surface area contributed by atoms with Crippen LogP contribution in [-0.2, 0) is 9.84 Å². The van der Waals surface area contributed by atoms with Crippen molar-refractivity contribution < 1.29 is 12.9 Å². The van der Waals surface area contributed by atoms with Gasteiger partial charge in [0.1, 0.15) is 0 Å². The molecule has 0 aliphatic carbocycles. The van der Waals surface area contributed by atoms with E-state index in [1.165, 1.54) is 6.26 Å². The predicted molar refractivity (Wildman–Crippen MR) is 96.1 cm³/mol. The third-order valence-corrected chi connectivity index (χ3v) is 5.25. The highest BCUT2D eigenvalue weighted by Gasteiger charge is 2.19. The minimum atomic E-state index is -3.20. The second-order valence-electron chi connectivity index (χ2n) is 5.89. The van der Waals surface area contributed by atoms with Crippen LogP contribution in [0.25, 0.3) is 11.5 Å². The van der Waals surface area contributed by atoms with Crippen LogP contribution in [0.5, 0.6) is 0 Å². The van der Waals surface area contributed by atoms with Gasteiger partial charge < -0.3 is 9.42 Å². The molecule has 0 fully saturated rings.